The van der Waals surface area contributed by atoms with Gasteiger partial charge in [0, 0.05) is 10.9 Å². The Bertz CT molecular complexity index is 913. The Balaban J connectivity index is 1.79. The molecule has 3 aromatic rings. The molecule has 0 unspecified atom stereocenters. The minimum atomic E-state index is -0.871. The van der Waals surface area contributed by atoms with Crippen molar-refractivity contribution in [1.29, 1.82) is 0 Å². The van der Waals surface area contributed by atoms with Gasteiger partial charge in [0.05, 0.1) is 12.1 Å². The SMILES string of the molecule is Cc1ccc(C(C)C)c(Oc2ccc(-c3nc(CC(=O)O)cs3)cc2)c1. The third-order valence-corrected chi connectivity index (χ3v) is 4.94. The summed E-state index contributed by atoms with van der Waals surface area (Å²) in [6.07, 6.45) is -0.0525. The number of carboxylic acid groups (broad SMARTS) is 1. The number of carboxylic acids is 1. The molecule has 4 nitrogen and oxygen atoms in total. The number of benzene rings is 2. The molecule has 0 atom stereocenters. The van der Waals surface area contributed by atoms with Crippen LogP contribution in [0.4, 0.5) is 0 Å². The Hall–Kier alpha value is -2.66. The first-order valence-electron chi connectivity index (χ1n) is 8.47. The lowest BCUT2D eigenvalue weighted by Gasteiger charge is -2.14. The van der Waals surface area contributed by atoms with E-state index >= 15 is 0 Å². The summed E-state index contributed by atoms with van der Waals surface area (Å²) in [5, 5.41) is 11.5. The lowest BCUT2D eigenvalue weighted by molar-refractivity contribution is -0.136. The minimum Gasteiger partial charge on any atom is -0.481 e. The van der Waals surface area contributed by atoms with Gasteiger partial charge in [-0.15, -0.1) is 11.3 Å². The largest absolute Gasteiger partial charge is 0.481 e. The molecule has 1 N–H and O–H groups in total. The van der Waals surface area contributed by atoms with Gasteiger partial charge in [-0.1, -0.05) is 26.0 Å². The van der Waals surface area contributed by atoms with Gasteiger partial charge >= 0.3 is 5.97 Å². The normalized spacial score (nSPS) is 10.9. The predicted molar refractivity (Wildman–Crippen MR) is 104 cm³/mol. The summed E-state index contributed by atoms with van der Waals surface area (Å²) in [6.45, 7) is 6.35. The third kappa shape index (κ3) is 4.29. The van der Waals surface area contributed by atoms with Crippen molar-refractivity contribution in [3.05, 3.63) is 64.7 Å². The van der Waals surface area contributed by atoms with Gasteiger partial charge < -0.3 is 9.84 Å². The van der Waals surface area contributed by atoms with E-state index in [9.17, 15) is 4.79 Å². The average Bonchev–Trinajstić information content (AvgIpc) is 3.03. The Labute approximate surface area is 157 Å². The molecule has 0 amide bonds. The molecule has 0 saturated carbocycles. The molecule has 0 aliphatic carbocycles. The lowest BCUT2D eigenvalue weighted by Crippen LogP contribution is -1.99. The van der Waals surface area contributed by atoms with Crippen LogP contribution >= 0.6 is 11.3 Å². The van der Waals surface area contributed by atoms with Gasteiger partial charge in [-0.05, 0) is 54.3 Å². The topological polar surface area (TPSA) is 59.4 Å². The fraction of sp³-hybridized carbons (Fsp3) is 0.238. The van der Waals surface area contributed by atoms with Crippen LogP contribution in [-0.4, -0.2) is 16.1 Å². The van der Waals surface area contributed by atoms with E-state index in [-0.39, 0.29) is 6.42 Å². The smallest absolute Gasteiger partial charge is 0.309 e. The van der Waals surface area contributed by atoms with E-state index in [1.165, 1.54) is 16.9 Å². The van der Waals surface area contributed by atoms with E-state index in [4.69, 9.17) is 9.84 Å². The number of ether oxygens (including phenoxy) is 1. The van der Waals surface area contributed by atoms with Gasteiger partial charge in [-0.25, -0.2) is 4.98 Å². The third-order valence-electron chi connectivity index (χ3n) is 4.00. The zero-order valence-electron chi connectivity index (χ0n) is 15.0. The highest BCUT2D eigenvalue weighted by Crippen LogP contribution is 2.33. The van der Waals surface area contributed by atoms with Gasteiger partial charge in [0.15, 0.2) is 0 Å². The molecule has 5 heteroatoms. The van der Waals surface area contributed by atoms with Crippen LogP contribution in [0.3, 0.4) is 0 Å². The zero-order valence-corrected chi connectivity index (χ0v) is 15.8. The van der Waals surface area contributed by atoms with Crippen LogP contribution in [-0.2, 0) is 11.2 Å². The van der Waals surface area contributed by atoms with Crippen LogP contribution in [0.2, 0.25) is 0 Å². The van der Waals surface area contributed by atoms with E-state index in [0.717, 1.165) is 27.6 Å². The van der Waals surface area contributed by atoms with Crippen molar-refractivity contribution in [1.82, 2.24) is 4.98 Å². The highest BCUT2D eigenvalue weighted by Gasteiger charge is 2.11. The maximum Gasteiger partial charge on any atom is 0.309 e. The van der Waals surface area contributed by atoms with E-state index < -0.39 is 5.97 Å². The molecule has 0 radical (unpaired) electrons. The van der Waals surface area contributed by atoms with Gasteiger partial charge in [-0.3, -0.25) is 4.79 Å². The first kappa shape index (κ1) is 18.1. The summed E-state index contributed by atoms with van der Waals surface area (Å²) in [4.78, 5) is 15.2. The summed E-state index contributed by atoms with van der Waals surface area (Å²) < 4.78 is 6.11. The van der Waals surface area contributed by atoms with Crippen LogP contribution in [0.15, 0.2) is 47.8 Å². The molecule has 134 valence electrons. The summed E-state index contributed by atoms with van der Waals surface area (Å²) >= 11 is 1.45. The van der Waals surface area contributed by atoms with E-state index in [2.05, 4.69) is 44.0 Å². The predicted octanol–water partition coefficient (Wildman–Crippen LogP) is 5.66. The van der Waals surface area contributed by atoms with E-state index in [1.54, 1.807) is 5.38 Å². The van der Waals surface area contributed by atoms with Crippen molar-refractivity contribution >= 4 is 17.3 Å². The molecule has 0 aliphatic heterocycles. The maximum absolute atomic E-state index is 10.8. The number of aromatic nitrogens is 1. The Morgan fingerprint density at radius 1 is 1.19 bits per heavy atom. The van der Waals surface area contributed by atoms with Gasteiger partial charge in [0.2, 0.25) is 0 Å². The van der Waals surface area contributed by atoms with Crippen molar-refractivity contribution in [3.8, 4) is 22.1 Å². The number of rotatable bonds is 6. The summed E-state index contributed by atoms with van der Waals surface area (Å²) in [5.41, 5.74) is 3.87. The van der Waals surface area contributed by atoms with E-state index in [0.29, 0.717) is 11.6 Å². The molecule has 0 spiro atoms. The van der Waals surface area contributed by atoms with Crippen LogP contribution in [0, 0.1) is 6.92 Å². The highest BCUT2D eigenvalue weighted by molar-refractivity contribution is 7.13. The molecule has 0 fully saturated rings. The molecular formula is C21H21NO3S. The van der Waals surface area contributed by atoms with Gasteiger partial charge in [-0.2, -0.15) is 0 Å². The van der Waals surface area contributed by atoms with Crippen molar-refractivity contribution in [3.63, 3.8) is 0 Å². The molecule has 1 heterocycles. The number of aryl methyl sites for hydroxylation is 1. The first-order chi connectivity index (χ1) is 12.4. The van der Waals surface area contributed by atoms with E-state index in [1.807, 2.05) is 24.3 Å². The number of thiazole rings is 1. The molecular weight excluding hydrogens is 346 g/mol. The van der Waals surface area contributed by atoms with Crippen LogP contribution in [0.25, 0.3) is 10.6 Å². The Morgan fingerprint density at radius 3 is 2.58 bits per heavy atom. The molecule has 3 rings (SSSR count). The number of hydrogen-bond acceptors (Lipinski definition) is 4. The van der Waals surface area contributed by atoms with Gasteiger partial charge in [0.1, 0.15) is 16.5 Å². The van der Waals surface area contributed by atoms with Crippen LogP contribution in [0.5, 0.6) is 11.5 Å². The quantitative estimate of drug-likeness (QED) is 0.610. The summed E-state index contributed by atoms with van der Waals surface area (Å²) in [5.74, 6) is 1.16. The summed E-state index contributed by atoms with van der Waals surface area (Å²) in [6, 6.07) is 14.0. The fourth-order valence-corrected chi connectivity index (χ4v) is 3.50. The van der Waals surface area contributed by atoms with Crippen LogP contribution < -0.4 is 4.74 Å². The highest BCUT2D eigenvalue weighted by atomic mass is 32.1. The average molecular weight is 367 g/mol. The molecule has 0 aliphatic rings. The molecule has 0 bridgehead atoms. The minimum absolute atomic E-state index is 0.0525. The molecule has 0 saturated heterocycles. The maximum atomic E-state index is 10.8. The number of carbonyl (C=O) groups is 1. The number of hydrogen-bond donors (Lipinski definition) is 1. The van der Waals surface area contributed by atoms with Crippen LogP contribution in [0.1, 0.15) is 36.6 Å². The van der Waals surface area contributed by atoms with Crippen molar-refractivity contribution in [2.75, 3.05) is 0 Å². The zero-order chi connectivity index (χ0) is 18.7. The monoisotopic (exact) mass is 367 g/mol. The standard InChI is InChI=1S/C21H21NO3S/c1-13(2)18-9-4-14(3)10-19(18)25-17-7-5-15(6-8-17)21-22-16(12-26-21)11-20(23)24/h4-10,12-13H,11H2,1-3H3,(H,23,24). The first-order valence-corrected chi connectivity index (χ1v) is 9.35. The number of aliphatic carboxylic acids is 1. The second-order valence-corrected chi connectivity index (χ2v) is 7.40. The number of nitrogens with zero attached hydrogens (tertiary/aromatic N) is 1. The fourth-order valence-electron chi connectivity index (χ4n) is 2.68. The lowest BCUT2D eigenvalue weighted by atomic mass is 10.0. The van der Waals surface area contributed by atoms with Crippen molar-refractivity contribution < 1.29 is 14.6 Å². The Morgan fingerprint density at radius 2 is 1.92 bits per heavy atom. The summed E-state index contributed by atoms with van der Waals surface area (Å²) in [7, 11) is 0. The molecule has 2 aromatic carbocycles. The van der Waals surface area contributed by atoms with Crippen molar-refractivity contribution in [2.45, 2.75) is 33.1 Å². The van der Waals surface area contributed by atoms with Gasteiger partial charge in [0.25, 0.3) is 0 Å². The van der Waals surface area contributed by atoms with Crippen molar-refractivity contribution in [2.24, 2.45) is 0 Å². The second kappa shape index (κ2) is 7.70. The second-order valence-electron chi connectivity index (χ2n) is 6.54. The Kier molecular flexibility index (Phi) is 5.38. The molecule has 1 aromatic heterocycles. The molecule has 26 heavy (non-hydrogen) atoms.